The summed E-state index contributed by atoms with van der Waals surface area (Å²) in [6.07, 6.45) is -2.68. The summed E-state index contributed by atoms with van der Waals surface area (Å²) >= 11 is 0. The lowest BCUT2D eigenvalue weighted by Crippen LogP contribution is -2.44. The zero-order valence-corrected chi connectivity index (χ0v) is 19.9. The number of nitrogens with two attached hydrogens (primary N) is 1. The molecule has 0 atom stereocenters. The molecule has 0 radical (unpaired) electrons. The number of rotatable bonds is 7. The highest BCUT2D eigenvalue weighted by Gasteiger charge is 2.34. The van der Waals surface area contributed by atoms with Crippen LogP contribution in [0.15, 0.2) is 61.3 Å². The van der Waals surface area contributed by atoms with Gasteiger partial charge in [0.2, 0.25) is 0 Å². The van der Waals surface area contributed by atoms with Gasteiger partial charge in [0.25, 0.3) is 0 Å². The highest BCUT2D eigenvalue weighted by Crippen LogP contribution is 2.31. The molecule has 0 amide bonds. The molecule has 3 aromatic rings. The van der Waals surface area contributed by atoms with Crippen LogP contribution in [0.1, 0.15) is 33.8 Å². The summed E-state index contributed by atoms with van der Waals surface area (Å²) in [4.78, 5) is 13.0. The van der Waals surface area contributed by atoms with Crippen LogP contribution in [0.25, 0.3) is 5.70 Å². The Kier molecular flexibility index (Phi) is 7.40. The van der Waals surface area contributed by atoms with Crippen molar-refractivity contribution in [3.8, 4) is 0 Å². The Morgan fingerprint density at radius 3 is 2.37 bits per heavy atom. The maximum atomic E-state index is 13.6. The van der Waals surface area contributed by atoms with Crippen molar-refractivity contribution in [1.82, 2.24) is 14.9 Å². The number of halogens is 3. The van der Waals surface area contributed by atoms with Crippen molar-refractivity contribution in [2.75, 3.05) is 38.1 Å². The molecule has 0 aliphatic carbocycles. The van der Waals surface area contributed by atoms with Crippen molar-refractivity contribution in [3.05, 3.63) is 95.1 Å². The third-order valence-electron chi connectivity index (χ3n) is 6.34. The van der Waals surface area contributed by atoms with Crippen LogP contribution in [0.5, 0.6) is 0 Å². The summed E-state index contributed by atoms with van der Waals surface area (Å²) in [5.74, 6) is 0.379. The lowest BCUT2D eigenvalue weighted by molar-refractivity contribution is -0.138. The standard InChI is InChI=1S/C27H30F3N5/c1-19(31)22-5-3-4-20(16-22)8-11-25-24(27(28,29)30)18-32-26(33-25)17-21-6-9-23(10-7-21)35-14-12-34(2)13-15-35/h3-7,9-10,16,18H,1,8,11-15,17,31H2,2H3. The average molecular weight is 482 g/mol. The molecule has 2 N–H and O–H groups in total. The van der Waals surface area contributed by atoms with Gasteiger partial charge in [0.15, 0.2) is 0 Å². The number of benzene rings is 2. The zero-order chi connectivity index (χ0) is 25.0. The molecule has 8 heteroatoms. The molecule has 1 saturated heterocycles. The number of hydrogen-bond donors (Lipinski definition) is 1. The largest absolute Gasteiger partial charge is 0.419 e. The monoisotopic (exact) mass is 481 g/mol. The average Bonchev–Trinajstić information content (AvgIpc) is 2.83. The van der Waals surface area contributed by atoms with Crippen LogP contribution < -0.4 is 10.6 Å². The number of likely N-dealkylation sites (N-methyl/N-ethyl adjacent to an activating group) is 1. The molecule has 1 fully saturated rings. The van der Waals surface area contributed by atoms with Gasteiger partial charge in [-0.1, -0.05) is 36.9 Å². The van der Waals surface area contributed by atoms with Crippen LogP contribution in [-0.2, 0) is 25.4 Å². The first-order chi connectivity index (χ1) is 16.7. The van der Waals surface area contributed by atoms with Gasteiger partial charge in [0, 0.05) is 50.2 Å². The van der Waals surface area contributed by atoms with Crippen LogP contribution in [0, 0.1) is 0 Å². The molecular weight excluding hydrogens is 451 g/mol. The Bertz CT molecular complexity index is 1170. The summed E-state index contributed by atoms with van der Waals surface area (Å²) in [7, 11) is 2.12. The predicted molar refractivity (Wildman–Crippen MR) is 133 cm³/mol. The molecule has 5 nitrogen and oxygen atoms in total. The number of aryl methyl sites for hydroxylation is 2. The molecule has 1 aliphatic heterocycles. The van der Waals surface area contributed by atoms with E-state index in [9.17, 15) is 13.2 Å². The maximum Gasteiger partial charge on any atom is 0.419 e. The van der Waals surface area contributed by atoms with Crippen molar-refractivity contribution in [2.45, 2.75) is 25.4 Å². The minimum atomic E-state index is -4.51. The Morgan fingerprint density at radius 2 is 1.71 bits per heavy atom. The van der Waals surface area contributed by atoms with E-state index in [2.05, 4.69) is 45.5 Å². The third-order valence-corrected chi connectivity index (χ3v) is 6.34. The Hall–Kier alpha value is -3.39. The first-order valence-electron chi connectivity index (χ1n) is 11.7. The summed E-state index contributed by atoms with van der Waals surface area (Å²) in [5.41, 5.74) is 9.15. The quantitative estimate of drug-likeness (QED) is 0.537. The molecule has 1 aromatic heterocycles. The Balaban J connectivity index is 1.49. The second kappa shape index (κ2) is 10.5. The van der Waals surface area contributed by atoms with E-state index >= 15 is 0 Å². The van der Waals surface area contributed by atoms with Gasteiger partial charge in [-0.25, -0.2) is 9.97 Å². The molecule has 2 heterocycles. The van der Waals surface area contributed by atoms with Crippen LogP contribution in [0.2, 0.25) is 0 Å². The molecule has 35 heavy (non-hydrogen) atoms. The van der Waals surface area contributed by atoms with Crippen molar-refractivity contribution in [2.24, 2.45) is 5.73 Å². The van der Waals surface area contributed by atoms with Gasteiger partial charge in [-0.3, -0.25) is 0 Å². The van der Waals surface area contributed by atoms with Crippen LogP contribution in [-0.4, -0.2) is 48.1 Å². The van der Waals surface area contributed by atoms with Crippen molar-refractivity contribution in [1.29, 1.82) is 0 Å². The fourth-order valence-corrected chi connectivity index (χ4v) is 4.23. The van der Waals surface area contributed by atoms with E-state index in [1.54, 1.807) is 0 Å². The lowest BCUT2D eigenvalue weighted by Gasteiger charge is -2.34. The van der Waals surface area contributed by atoms with Gasteiger partial charge in [0.05, 0.1) is 11.3 Å². The zero-order valence-electron chi connectivity index (χ0n) is 19.9. The first kappa shape index (κ1) is 24.7. The van der Waals surface area contributed by atoms with Crippen LogP contribution >= 0.6 is 0 Å². The number of piperazine rings is 1. The molecule has 0 saturated carbocycles. The number of nitrogens with zero attached hydrogens (tertiary/aromatic N) is 4. The number of anilines is 1. The third kappa shape index (κ3) is 6.39. The minimum absolute atomic E-state index is 0.00790. The number of hydrogen-bond acceptors (Lipinski definition) is 5. The van der Waals surface area contributed by atoms with E-state index in [0.29, 0.717) is 24.4 Å². The first-order valence-corrected chi connectivity index (χ1v) is 11.7. The normalized spacial score (nSPS) is 14.8. The molecule has 1 aliphatic rings. The number of alkyl halides is 3. The topological polar surface area (TPSA) is 58.3 Å². The summed E-state index contributed by atoms with van der Waals surface area (Å²) in [5, 5.41) is 0. The molecule has 0 unspecified atom stereocenters. The van der Waals surface area contributed by atoms with E-state index in [1.165, 1.54) is 0 Å². The van der Waals surface area contributed by atoms with Gasteiger partial charge in [-0.2, -0.15) is 13.2 Å². The van der Waals surface area contributed by atoms with Crippen LogP contribution in [0.3, 0.4) is 0 Å². The van der Waals surface area contributed by atoms with E-state index < -0.39 is 11.7 Å². The van der Waals surface area contributed by atoms with Gasteiger partial charge in [-0.15, -0.1) is 0 Å². The molecule has 4 rings (SSSR count). The SMILES string of the molecule is C=C(N)c1cccc(CCc2nc(Cc3ccc(N4CCN(C)CC4)cc3)ncc2C(F)(F)F)c1. The van der Waals surface area contributed by atoms with Gasteiger partial charge in [-0.05, 0) is 54.8 Å². The fraction of sp³-hybridized carbons (Fsp3) is 0.333. The summed E-state index contributed by atoms with van der Waals surface area (Å²) in [6, 6.07) is 15.5. The van der Waals surface area contributed by atoms with E-state index in [0.717, 1.165) is 54.8 Å². The van der Waals surface area contributed by atoms with Gasteiger partial charge < -0.3 is 15.5 Å². The van der Waals surface area contributed by atoms with E-state index in [-0.39, 0.29) is 12.1 Å². The van der Waals surface area contributed by atoms with Gasteiger partial charge in [0.1, 0.15) is 5.82 Å². The fourth-order valence-electron chi connectivity index (χ4n) is 4.23. The lowest BCUT2D eigenvalue weighted by atomic mass is 10.0. The van der Waals surface area contributed by atoms with Gasteiger partial charge >= 0.3 is 6.18 Å². The van der Waals surface area contributed by atoms with Crippen molar-refractivity contribution < 1.29 is 13.2 Å². The summed E-state index contributed by atoms with van der Waals surface area (Å²) in [6.45, 7) is 7.72. The van der Waals surface area contributed by atoms with Crippen molar-refractivity contribution >= 4 is 11.4 Å². The minimum Gasteiger partial charge on any atom is -0.399 e. The predicted octanol–water partition coefficient (Wildman–Crippen LogP) is 4.55. The van der Waals surface area contributed by atoms with Crippen molar-refractivity contribution in [3.63, 3.8) is 0 Å². The smallest absolute Gasteiger partial charge is 0.399 e. The molecule has 0 spiro atoms. The van der Waals surface area contributed by atoms with E-state index in [1.807, 2.05) is 36.4 Å². The summed E-state index contributed by atoms with van der Waals surface area (Å²) < 4.78 is 40.9. The second-order valence-electron chi connectivity index (χ2n) is 9.00. The highest BCUT2D eigenvalue weighted by atomic mass is 19.4. The molecule has 0 bridgehead atoms. The Labute approximate surface area is 204 Å². The Morgan fingerprint density at radius 1 is 1.00 bits per heavy atom. The maximum absolute atomic E-state index is 13.6. The van der Waals surface area contributed by atoms with E-state index in [4.69, 9.17) is 5.73 Å². The second-order valence-corrected chi connectivity index (χ2v) is 9.00. The highest BCUT2D eigenvalue weighted by molar-refractivity contribution is 5.60. The van der Waals surface area contributed by atoms with Crippen LogP contribution in [0.4, 0.5) is 18.9 Å². The molecule has 2 aromatic carbocycles. The number of aromatic nitrogens is 2. The molecule has 184 valence electrons. The molecular formula is C27H30F3N5.